The molecule has 2 N–H and O–H groups in total. The van der Waals surface area contributed by atoms with Crippen molar-refractivity contribution in [2.24, 2.45) is 0 Å². The van der Waals surface area contributed by atoms with Gasteiger partial charge in [0.05, 0.1) is 17.0 Å². The lowest BCUT2D eigenvalue weighted by atomic mass is 10.0. The average molecular weight is 248 g/mol. The summed E-state index contributed by atoms with van der Waals surface area (Å²) in [4.78, 5) is 11.5. The van der Waals surface area contributed by atoms with Crippen LogP contribution in [0, 0.1) is 0 Å². The van der Waals surface area contributed by atoms with E-state index in [1.807, 2.05) is 6.92 Å². The largest absolute Gasteiger partial charge is 0.350 e. The molecule has 1 saturated heterocycles. The maximum atomic E-state index is 11.5. The third-order valence-corrected chi connectivity index (χ3v) is 4.63. The van der Waals surface area contributed by atoms with Crippen LogP contribution in [0.25, 0.3) is 0 Å². The molecule has 1 atom stereocenters. The first-order valence-electron chi connectivity index (χ1n) is 5.59. The molecule has 0 spiro atoms. The number of sulfone groups is 1. The topological polar surface area (TPSA) is 75.3 Å². The lowest BCUT2D eigenvalue weighted by molar-refractivity contribution is -0.122. The summed E-state index contributed by atoms with van der Waals surface area (Å²) in [6.07, 6.45) is 0.908. The monoisotopic (exact) mass is 248 g/mol. The van der Waals surface area contributed by atoms with E-state index in [1.165, 1.54) is 0 Å². The zero-order chi connectivity index (χ0) is 12.2. The first kappa shape index (κ1) is 13.4. The second-order valence-electron chi connectivity index (χ2n) is 4.55. The minimum Gasteiger partial charge on any atom is -0.350 e. The Bertz CT molecular complexity index is 353. The van der Waals surface area contributed by atoms with Crippen molar-refractivity contribution in [3.05, 3.63) is 0 Å². The molecule has 0 bridgehead atoms. The highest BCUT2D eigenvalue weighted by atomic mass is 32.2. The van der Waals surface area contributed by atoms with Crippen LogP contribution >= 0.6 is 0 Å². The van der Waals surface area contributed by atoms with E-state index in [0.29, 0.717) is 19.4 Å². The minimum absolute atomic E-state index is 0.0624. The van der Waals surface area contributed by atoms with Crippen LogP contribution in [0.15, 0.2) is 0 Å². The molecule has 0 aliphatic carbocycles. The van der Waals surface area contributed by atoms with Gasteiger partial charge in [-0.3, -0.25) is 4.79 Å². The molecule has 0 saturated carbocycles. The molecular weight excluding hydrogens is 228 g/mol. The van der Waals surface area contributed by atoms with Gasteiger partial charge >= 0.3 is 0 Å². The lowest BCUT2D eigenvalue weighted by Gasteiger charge is -2.23. The van der Waals surface area contributed by atoms with Gasteiger partial charge in [-0.15, -0.1) is 0 Å². The van der Waals surface area contributed by atoms with Gasteiger partial charge < -0.3 is 10.6 Å². The van der Waals surface area contributed by atoms with Crippen molar-refractivity contribution in [1.82, 2.24) is 10.6 Å². The van der Waals surface area contributed by atoms with E-state index >= 15 is 0 Å². The normalized spacial score (nSPS) is 27.9. The van der Waals surface area contributed by atoms with Gasteiger partial charge in [0.15, 0.2) is 9.84 Å². The highest BCUT2D eigenvalue weighted by Gasteiger charge is 2.39. The van der Waals surface area contributed by atoms with Gasteiger partial charge in [0.1, 0.15) is 0 Å². The van der Waals surface area contributed by atoms with Gasteiger partial charge in [-0.25, -0.2) is 8.42 Å². The van der Waals surface area contributed by atoms with Gasteiger partial charge in [0.2, 0.25) is 5.91 Å². The molecule has 0 radical (unpaired) electrons. The second kappa shape index (κ2) is 5.14. The fourth-order valence-corrected chi connectivity index (χ4v) is 3.98. The van der Waals surface area contributed by atoms with E-state index in [0.717, 1.165) is 6.54 Å². The van der Waals surface area contributed by atoms with E-state index in [4.69, 9.17) is 0 Å². The summed E-state index contributed by atoms with van der Waals surface area (Å²) in [5.74, 6) is 0.157. The number of nitrogens with one attached hydrogen (secondary N) is 2. The van der Waals surface area contributed by atoms with E-state index < -0.39 is 15.4 Å². The predicted molar refractivity (Wildman–Crippen MR) is 63.0 cm³/mol. The van der Waals surface area contributed by atoms with Crippen LogP contribution in [0.1, 0.15) is 26.7 Å². The van der Waals surface area contributed by atoms with E-state index in [-0.39, 0.29) is 17.4 Å². The summed E-state index contributed by atoms with van der Waals surface area (Å²) >= 11 is 0. The average Bonchev–Trinajstić information content (AvgIpc) is 2.40. The van der Waals surface area contributed by atoms with Crippen molar-refractivity contribution in [1.29, 1.82) is 0 Å². The molecule has 0 aromatic carbocycles. The molecule has 16 heavy (non-hydrogen) atoms. The number of carbonyl (C=O) groups is 1. The molecule has 1 heterocycles. The Labute approximate surface area is 96.9 Å². The number of hydrogen-bond acceptors (Lipinski definition) is 4. The van der Waals surface area contributed by atoms with Gasteiger partial charge in [-0.2, -0.15) is 0 Å². The summed E-state index contributed by atoms with van der Waals surface area (Å²) in [6.45, 7) is 5.23. The smallest absolute Gasteiger partial charge is 0.221 e. The van der Waals surface area contributed by atoms with Crippen molar-refractivity contribution in [2.75, 3.05) is 24.6 Å². The highest BCUT2D eigenvalue weighted by molar-refractivity contribution is 7.91. The van der Waals surface area contributed by atoms with Crippen LogP contribution in [0.4, 0.5) is 0 Å². The first-order chi connectivity index (χ1) is 7.37. The maximum Gasteiger partial charge on any atom is 0.221 e. The van der Waals surface area contributed by atoms with Crippen molar-refractivity contribution >= 4 is 15.7 Å². The second-order valence-corrected chi connectivity index (χ2v) is 6.74. The Morgan fingerprint density at radius 2 is 2.12 bits per heavy atom. The Hall–Kier alpha value is -0.620. The molecule has 1 unspecified atom stereocenters. The van der Waals surface area contributed by atoms with E-state index in [9.17, 15) is 13.2 Å². The van der Waals surface area contributed by atoms with E-state index in [1.54, 1.807) is 6.92 Å². The molecule has 6 heteroatoms. The zero-order valence-corrected chi connectivity index (χ0v) is 10.7. The van der Waals surface area contributed by atoms with Gasteiger partial charge in [-0.1, -0.05) is 6.92 Å². The Morgan fingerprint density at radius 3 is 2.62 bits per heavy atom. The molecule has 0 aromatic heterocycles. The Morgan fingerprint density at radius 1 is 1.44 bits per heavy atom. The van der Waals surface area contributed by atoms with Crippen molar-refractivity contribution in [3.8, 4) is 0 Å². The van der Waals surface area contributed by atoms with Gasteiger partial charge in [0, 0.05) is 13.0 Å². The van der Waals surface area contributed by atoms with Crippen LogP contribution in [-0.4, -0.2) is 44.5 Å². The quantitative estimate of drug-likeness (QED) is 0.654. The van der Waals surface area contributed by atoms with Crippen LogP contribution in [-0.2, 0) is 14.6 Å². The maximum absolute atomic E-state index is 11.5. The molecule has 1 amide bonds. The number of carbonyl (C=O) groups excluding carboxylic acids is 1. The molecule has 1 aliphatic heterocycles. The molecule has 1 aliphatic rings. The fraction of sp³-hybridized carbons (Fsp3) is 0.900. The van der Waals surface area contributed by atoms with Crippen LogP contribution < -0.4 is 10.6 Å². The van der Waals surface area contributed by atoms with Gasteiger partial charge in [0.25, 0.3) is 0 Å². The fourth-order valence-electron chi connectivity index (χ4n) is 1.89. The summed E-state index contributed by atoms with van der Waals surface area (Å²) in [5.41, 5.74) is -0.567. The molecule has 1 rings (SSSR count). The Kier molecular flexibility index (Phi) is 4.32. The van der Waals surface area contributed by atoms with Crippen molar-refractivity contribution in [2.45, 2.75) is 32.2 Å². The third-order valence-electron chi connectivity index (χ3n) is 2.72. The SMILES string of the molecule is CCNCCC(=O)NC1(C)CCS(=O)(=O)C1. The molecule has 94 valence electrons. The molecule has 0 aromatic rings. The predicted octanol–water partition coefficient (Wildman–Crippen LogP) is -0.321. The summed E-state index contributed by atoms with van der Waals surface area (Å²) in [6, 6.07) is 0. The number of amides is 1. The number of hydrogen-bond donors (Lipinski definition) is 2. The first-order valence-corrected chi connectivity index (χ1v) is 7.41. The summed E-state index contributed by atoms with van der Waals surface area (Å²) in [5, 5.41) is 5.87. The van der Waals surface area contributed by atoms with Gasteiger partial charge in [-0.05, 0) is 19.9 Å². The molecular formula is C10H20N2O3S. The van der Waals surface area contributed by atoms with Crippen molar-refractivity contribution in [3.63, 3.8) is 0 Å². The summed E-state index contributed by atoms with van der Waals surface area (Å²) in [7, 11) is -2.96. The zero-order valence-electron chi connectivity index (χ0n) is 9.88. The van der Waals surface area contributed by atoms with Crippen LogP contribution in [0.2, 0.25) is 0 Å². The summed E-state index contributed by atoms with van der Waals surface area (Å²) < 4.78 is 22.6. The lowest BCUT2D eigenvalue weighted by Crippen LogP contribution is -2.47. The Balaban J connectivity index is 2.39. The highest BCUT2D eigenvalue weighted by Crippen LogP contribution is 2.22. The van der Waals surface area contributed by atoms with Crippen molar-refractivity contribution < 1.29 is 13.2 Å². The molecule has 1 fully saturated rings. The third kappa shape index (κ3) is 4.09. The van der Waals surface area contributed by atoms with E-state index in [2.05, 4.69) is 10.6 Å². The molecule has 5 nitrogen and oxygen atoms in total. The minimum atomic E-state index is -2.96. The van der Waals surface area contributed by atoms with Crippen LogP contribution in [0.5, 0.6) is 0 Å². The van der Waals surface area contributed by atoms with Crippen LogP contribution in [0.3, 0.4) is 0 Å². The number of rotatable bonds is 5. The standard InChI is InChI=1S/C10H20N2O3S/c1-3-11-6-4-9(13)12-10(2)5-7-16(14,15)8-10/h11H,3-8H2,1-2H3,(H,12,13).